The Kier molecular flexibility index (Phi) is 3.27. The van der Waals surface area contributed by atoms with Gasteiger partial charge in [-0.25, -0.2) is 4.98 Å². The van der Waals surface area contributed by atoms with Gasteiger partial charge in [-0.2, -0.15) is 0 Å². The van der Waals surface area contributed by atoms with Gasteiger partial charge in [0.15, 0.2) is 5.58 Å². The van der Waals surface area contributed by atoms with Crippen LogP contribution in [0.3, 0.4) is 0 Å². The van der Waals surface area contributed by atoms with Crippen LogP contribution in [0.15, 0.2) is 46.9 Å². The van der Waals surface area contributed by atoms with Gasteiger partial charge in [0.25, 0.3) is 0 Å². The van der Waals surface area contributed by atoms with Gasteiger partial charge in [-0.3, -0.25) is 4.79 Å². The van der Waals surface area contributed by atoms with E-state index in [1.165, 1.54) is 11.1 Å². The number of nitrogens with zero attached hydrogens (tertiary/aromatic N) is 2. The fraction of sp³-hybridized carbons (Fsp3) is 0.364. The van der Waals surface area contributed by atoms with Crippen molar-refractivity contribution in [3.05, 3.63) is 53.6 Å². The normalized spacial score (nSPS) is 25.2. The van der Waals surface area contributed by atoms with Crippen LogP contribution in [0.1, 0.15) is 37.3 Å². The van der Waals surface area contributed by atoms with Crippen molar-refractivity contribution in [1.82, 2.24) is 9.88 Å². The first-order valence-electron chi connectivity index (χ1n) is 9.31. The van der Waals surface area contributed by atoms with Crippen LogP contribution in [0.4, 0.5) is 0 Å². The highest BCUT2D eigenvalue weighted by Gasteiger charge is 2.46. The zero-order chi connectivity index (χ0) is 17.9. The van der Waals surface area contributed by atoms with Crippen molar-refractivity contribution in [2.24, 2.45) is 0 Å². The van der Waals surface area contributed by atoms with E-state index in [9.17, 15) is 4.79 Å². The molecule has 5 rings (SSSR count). The van der Waals surface area contributed by atoms with Gasteiger partial charge in [-0.05, 0) is 54.7 Å². The summed E-state index contributed by atoms with van der Waals surface area (Å²) < 4.78 is 5.94. The maximum Gasteiger partial charge on any atom is 0.227 e. The van der Waals surface area contributed by atoms with E-state index in [2.05, 4.69) is 30.1 Å². The second kappa shape index (κ2) is 5.44. The molecular weight excluding hydrogens is 324 g/mol. The van der Waals surface area contributed by atoms with Gasteiger partial charge in [0.1, 0.15) is 5.52 Å². The number of likely N-dealkylation sites (tertiary alicyclic amines) is 1. The lowest BCUT2D eigenvalue weighted by Gasteiger charge is -2.50. The Morgan fingerprint density at radius 3 is 2.88 bits per heavy atom. The van der Waals surface area contributed by atoms with Crippen LogP contribution >= 0.6 is 0 Å². The number of amides is 1. The molecular formula is C22H22N2O2. The Bertz CT molecular complexity index is 989. The van der Waals surface area contributed by atoms with Crippen molar-refractivity contribution in [2.75, 3.05) is 7.05 Å². The highest BCUT2D eigenvalue weighted by Crippen LogP contribution is 2.46. The molecule has 0 radical (unpaired) electrons. The minimum Gasteiger partial charge on any atom is -0.436 e. The molecule has 0 saturated carbocycles. The Labute approximate surface area is 152 Å². The predicted octanol–water partition coefficient (Wildman–Crippen LogP) is 4.32. The molecule has 1 saturated heterocycles. The lowest BCUT2D eigenvalue weighted by Crippen LogP contribution is -2.56. The average Bonchev–Trinajstić information content (AvgIpc) is 3.09. The number of likely N-dealkylation sites (N-methyl/N-ethyl adjacent to an activating group) is 1. The van der Waals surface area contributed by atoms with Gasteiger partial charge in [0.2, 0.25) is 11.8 Å². The first kappa shape index (κ1) is 15.6. The summed E-state index contributed by atoms with van der Waals surface area (Å²) in [4.78, 5) is 18.7. The van der Waals surface area contributed by atoms with Crippen LogP contribution in [0.25, 0.3) is 22.6 Å². The van der Waals surface area contributed by atoms with E-state index in [-0.39, 0.29) is 11.3 Å². The second-order valence-electron chi connectivity index (χ2n) is 7.84. The molecule has 1 fully saturated rings. The predicted molar refractivity (Wildman–Crippen MR) is 101 cm³/mol. The highest BCUT2D eigenvalue weighted by molar-refractivity contribution is 5.78. The van der Waals surface area contributed by atoms with Crippen molar-refractivity contribution >= 4 is 17.0 Å². The monoisotopic (exact) mass is 346 g/mol. The molecule has 1 amide bonds. The number of hydrogen-bond acceptors (Lipinski definition) is 3. The molecule has 0 unspecified atom stereocenters. The quantitative estimate of drug-likeness (QED) is 0.659. The summed E-state index contributed by atoms with van der Waals surface area (Å²) in [5, 5.41) is 0. The summed E-state index contributed by atoms with van der Waals surface area (Å²) in [7, 11) is 1.96. The van der Waals surface area contributed by atoms with Crippen molar-refractivity contribution < 1.29 is 9.21 Å². The molecule has 1 aromatic heterocycles. The maximum atomic E-state index is 12.1. The van der Waals surface area contributed by atoms with Crippen LogP contribution in [0, 0.1) is 0 Å². The molecule has 26 heavy (non-hydrogen) atoms. The number of aryl methyl sites for hydroxylation is 1. The molecule has 0 N–H and O–H groups in total. The lowest BCUT2D eigenvalue weighted by molar-refractivity contribution is -0.138. The molecule has 132 valence electrons. The van der Waals surface area contributed by atoms with Crippen LogP contribution in [-0.4, -0.2) is 28.9 Å². The summed E-state index contributed by atoms with van der Waals surface area (Å²) >= 11 is 0. The van der Waals surface area contributed by atoms with E-state index in [0.29, 0.717) is 18.4 Å². The largest absolute Gasteiger partial charge is 0.436 e. The van der Waals surface area contributed by atoms with Gasteiger partial charge in [0.05, 0.1) is 0 Å². The number of benzene rings is 2. The molecule has 2 aliphatic rings. The van der Waals surface area contributed by atoms with Gasteiger partial charge >= 0.3 is 0 Å². The first-order chi connectivity index (χ1) is 12.6. The van der Waals surface area contributed by atoms with Crippen LogP contribution in [-0.2, 0) is 16.6 Å². The van der Waals surface area contributed by atoms with Crippen LogP contribution in [0.5, 0.6) is 0 Å². The van der Waals surface area contributed by atoms with E-state index >= 15 is 0 Å². The standard InChI is InChI=1S/C22H22N2O2/c1-22-12-11-20(25)24(2)19(22)10-8-14-13-15(7-9-16(14)22)21-23-17-5-3-4-6-18(17)26-21/h3-7,9,13,19H,8,10-12H2,1-2H3/t19-,22-/m1/s1. The van der Waals surface area contributed by atoms with Gasteiger partial charge < -0.3 is 9.32 Å². The second-order valence-corrected chi connectivity index (χ2v) is 7.84. The Balaban J connectivity index is 1.57. The average molecular weight is 346 g/mol. The van der Waals surface area contributed by atoms with Crippen molar-refractivity contribution in [3.63, 3.8) is 0 Å². The van der Waals surface area contributed by atoms with E-state index < -0.39 is 0 Å². The third-order valence-electron chi connectivity index (χ3n) is 6.40. The molecule has 0 spiro atoms. The Morgan fingerprint density at radius 1 is 1.19 bits per heavy atom. The molecule has 3 aromatic rings. The van der Waals surface area contributed by atoms with E-state index in [1.54, 1.807) is 0 Å². The minimum atomic E-state index is 0.0378. The van der Waals surface area contributed by atoms with Crippen LogP contribution in [0.2, 0.25) is 0 Å². The zero-order valence-electron chi connectivity index (χ0n) is 15.2. The first-order valence-corrected chi connectivity index (χ1v) is 9.31. The summed E-state index contributed by atoms with van der Waals surface area (Å²) in [6.45, 7) is 2.32. The van der Waals surface area contributed by atoms with Crippen molar-refractivity contribution in [1.29, 1.82) is 0 Å². The molecule has 4 heteroatoms. The van der Waals surface area contributed by atoms with Crippen molar-refractivity contribution in [3.8, 4) is 11.5 Å². The van der Waals surface area contributed by atoms with Crippen molar-refractivity contribution in [2.45, 2.75) is 44.1 Å². The molecule has 0 bridgehead atoms. The van der Waals surface area contributed by atoms with Gasteiger partial charge in [-0.15, -0.1) is 0 Å². The molecule has 1 aliphatic heterocycles. The van der Waals surface area contributed by atoms with E-state index in [1.807, 2.05) is 36.2 Å². The van der Waals surface area contributed by atoms with Crippen LogP contribution < -0.4 is 0 Å². The minimum absolute atomic E-state index is 0.0378. The topological polar surface area (TPSA) is 46.3 Å². The summed E-state index contributed by atoms with van der Waals surface area (Å²) in [5.41, 5.74) is 5.52. The number of para-hydroxylation sites is 2. The molecule has 1 aliphatic carbocycles. The number of hydrogen-bond donors (Lipinski definition) is 0. The SMILES string of the molecule is CN1C(=O)CC[C@]2(C)c3ccc(-c4nc5ccccc5o4)cc3CC[C@@H]12. The van der Waals surface area contributed by atoms with E-state index in [4.69, 9.17) is 4.42 Å². The Hall–Kier alpha value is -2.62. The number of fused-ring (bicyclic) bond motifs is 4. The smallest absolute Gasteiger partial charge is 0.227 e. The molecule has 4 nitrogen and oxygen atoms in total. The molecule has 2 aromatic carbocycles. The third-order valence-corrected chi connectivity index (χ3v) is 6.40. The number of carbonyl (C=O) groups excluding carboxylic acids is 1. The van der Waals surface area contributed by atoms with Gasteiger partial charge in [0, 0.05) is 30.5 Å². The maximum absolute atomic E-state index is 12.1. The third kappa shape index (κ3) is 2.14. The molecule has 2 heterocycles. The zero-order valence-corrected chi connectivity index (χ0v) is 15.2. The molecule has 2 atom stereocenters. The summed E-state index contributed by atoms with van der Waals surface area (Å²) in [5.74, 6) is 0.955. The number of carbonyl (C=O) groups is 1. The Morgan fingerprint density at radius 2 is 2.04 bits per heavy atom. The van der Waals surface area contributed by atoms with E-state index in [0.717, 1.165) is 35.9 Å². The lowest BCUT2D eigenvalue weighted by atomic mass is 9.63. The number of piperidine rings is 1. The number of oxazole rings is 1. The fourth-order valence-electron chi connectivity index (χ4n) is 4.92. The fourth-order valence-corrected chi connectivity index (χ4v) is 4.92. The summed E-state index contributed by atoms with van der Waals surface area (Å²) in [6, 6.07) is 14.7. The van der Waals surface area contributed by atoms with Gasteiger partial charge in [-0.1, -0.05) is 25.1 Å². The summed E-state index contributed by atoms with van der Waals surface area (Å²) in [6.07, 6.45) is 3.57. The number of rotatable bonds is 1. The number of aromatic nitrogens is 1. The highest BCUT2D eigenvalue weighted by atomic mass is 16.3.